The first-order valence-corrected chi connectivity index (χ1v) is 11.2. The fourth-order valence-electron chi connectivity index (χ4n) is 5.12. The lowest BCUT2D eigenvalue weighted by Gasteiger charge is -2.28. The summed E-state index contributed by atoms with van der Waals surface area (Å²) in [5.41, 5.74) is 4.93. The molecule has 1 fully saturated rings. The van der Waals surface area contributed by atoms with Crippen LogP contribution >= 0.6 is 11.6 Å². The predicted molar refractivity (Wildman–Crippen MR) is 116 cm³/mol. The van der Waals surface area contributed by atoms with Gasteiger partial charge in [-0.1, -0.05) is 18.5 Å². The highest BCUT2D eigenvalue weighted by molar-refractivity contribution is 6.31. The molecule has 1 N–H and O–H groups in total. The van der Waals surface area contributed by atoms with Crippen molar-refractivity contribution in [1.29, 1.82) is 0 Å². The number of benzene rings is 1. The first-order valence-electron chi connectivity index (χ1n) is 10.8. The molecule has 1 aromatic carbocycles. The Morgan fingerprint density at radius 2 is 2.07 bits per heavy atom. The van der Waals surface area contributed by atoms with Crippen LogP contribution in [0.2, 0.25) is 5.02 Å². The van der Waals surface area contributed by atoms with Crippen molar-refractivity contribution in [2.45, 2.75) is 51.6 Å². The summed E-state index contributed by atoms with van der Waals surface area (Å²) in [5.74, 6) is 0.849. The molecule has 6 heteroatoms. The average molecular weight is 427 g/mol. The van der Waals surface area contributed by atoms with Gasteiger partial charge >= 0.3 is 0 Å². The number of aliphatic hydroxyl groups is 1. The van der Waals surface area contributed by atoms with Crippen LogP contribution in [0, 0.1) is 5.41 Å². The van der Waals surface area contributed by atoms with Crippen LogP contribution in [0.1, 0.15) is 43.0 Å². The van der Waals surface area contributed by atoms with Crippen molar-refractivity contribution in [2.75, 3.05) is 19.7 Å². The largest absolute Gasteiger partial charge is 0.479 e. The Hall–Kier alpha value is -2.11. The SMILES string of the molecule is CC1(CO)Cc2nccc(-c3cc(Cl)cc4c3OC(C(=O)N3CCCCC3)C4)c2C1. The first kappa shape index (κ1) is 19.8. The van der Waals surface area contributed by atoms with Crippen LogP contribution in [0.4, 0.5) is 0 Å². The lowest BCUT2D eigenvalue weighted by molar-refractivity contribution is -0.138. The average Bonchev–Trinajstić information content (AvgIpc) is 3.34. The molecule has 2 aromatic rings. The molecule has 1 saturated heterocycles. The van der Waals surface area contributed by atoms with Crippen molar-refractivity contribution in [3.05, 3.63) is 46.2 Å². The van der Waals surface area contributed by atoms with E-state index in [2.05, 4.69) is 11.9 Å². The molecule has 5 rings (SSSR count). The third-order valence-electron chi connectivity index (χ3n) is 6.75. The number of piperidine rings is 1. The highest BCUT2D eigenvalue weighted by Crippen LogP contribution is 2.46. The minimum atomic E-state index is -0.479. The van der Waals surface area contributed by atoms with Gasteiger partial charge in [0, 0.05) is 59.6 Å². The maximum atomic E-state index is 13.0. The molecule has 3 aliphatic rings. The first-order chi connectivity index (χ1) is 14.5. The van der Waals surface area contributed by atoms with Gasteiger partial charge in [0.15, 0.2) is 6.10 Å². The predicted octanol–water partition coefficient (Wildman–Crippen LogP) is 3.82. The topological polar surface area (TPSA) is 62.7 Å². The quantitative estimate of drug-likeness (QED) is 0.810. The van der Waals surface area contributed by atoms with Crippen molar-refractivity contribution < 1.29 is 14.6 Å². The summed E-state index contributed by atoms with van der Waals surface area (Å²) in [6.45, 7) is 3.85. The van der Waals surface area contributed by atoms with Crippen LogP contribution in [-0.2, 0) is 24.1 Å². The molecule has 0 radical (unpaired) electrons. The molecule has 3 heterocycles. The van der Waals surface area contributed by atoms with Crippen LogP contribution in [0.5, 0.6) is 5.75 Å². The lowest BCUT2D eigenvalue weighted by Crippen LogP contribution is -2.43. The van der Waals surface area contributed by atoms with Crippen LogP contribution < -0.4 is 4.74 Å². The molecular weight excluding hydrogens is 400 g/mol. The van der Waals surface area contributed by atoms with E-state index in [1.54, 1.807) is 0 Å². The van der Waals surface area contributed by atoms with E-state index < -0.39 is 6.10 Å². The van der Waals surface area contributed by atoms with Crippen LogP contribution in [0.3, 0.4) is 0 Å². The van der Waals surface area contributed by atoms with E-state index in [-0.39, 0.29) is 17.9 Å². The molecule has 2 unspecified atom stereocenters. The number of likely N-dealkylation sites (tertiary alicyclic amines) is 1. The zero-order valence-corrected chi connectivity index (χ0v) is 18.0. The van der Waals surface area contributed by atoms with E-state index in [1.165, 1.54) is 6.42 Å². The number of aromatic nitrogens is 1. The summed E-state index contributed by atoms with van der Waals surface area (Å²) in [5, 5.41) is 10.5. The highest BCUT2D eigenvalue weighted by atomic mass is 35.5. The van der Waals surface area contributed by atoms with Crippen LogP contribution in [0.15, 0.2) is 24.4 Å². The second kappa shape index (κ2) is 7.54. The van der Waals surface area contributed by atoms with Crippen molar-refractivity contribution in [3.63, 3.8) is 0 Å². The van der Waals surface area contributed by atoms with Crippen molar-refractivity contribution in [3.8, 4) is 16.9 Å². The minimum absolute atomic E-state index is 0.0841. The van der Waals surface area contributed by atoms with E-state index in [4.69, 9.17) is 16.3 Å². The molecule has 1 aliphatic carbocycles. The van der Waals surface area contributed by atoms with Crippen LogP contribution in [-0.4, -0.2) is 46.7 Å². The number of halogens is 1. The fraction of sp³-hybridized carbons (Fsp3) is 0.500. The Kier molecular flexibility index (Phi) is 4.98. The summed E-state index contributed by atoms with van der Waals surface area (Å²) in [6.07, 6.45) is 6.73. The maximum Gasteiger partial charge on any atom is 0.263 e. The molecule has 2 aliphatic heterocycles. The second-order valence-electron chi connectivity index (χ2n) is 9.24. The number of carbonyl (C=O) groups excluding carboxylic acids is 1. The zero-order chi connectivity index (χ0) is 20.9. The smallest absolute Gasteiger partial charge is 0.263 e. The second-order valence-corrected chi connectivity index (χ2v) is 9.68. The third kappa shape index (κ3) is 3.38. The van der Waals surface area contributed by atoms with Gasteiger partial charge in [-0.15, -0.1) is 0 Å². The number of hydrogen-bond donors (Lipinski definition) is 1. The van der Waals surface area contributed by atoms with Crippen molar-refractivity contribution in [1.82, 2.24) is 9.88 Å². The van der Waals surface area contributed by atoms with Crippen LogP contribution in [0.25, 0.3) is 11.1 Å². The Bertz CT molecular complexity index is 1000. The van der Waals surface area contributed by atoms with Gasteiger partial charge in [-0.05, 0) is 61.4 Å². The van der Waals surface area contributed by atoms with Gasteiger partial charge in [0.25, 0.3) is 5.91 Å². The molecule has 2 atom stereocenters. The van der Waals surface area contributed by atoms with Crippen molar-refractivity contribution >= 4 is 17.5 Å². The van der Waals surface area contributed by atoms with E-state index >= 15 is 0 Å². The number of fused-ring (bicyclic) bond motifs is 2. The molecule has 1 aromatic heterocycles. The number of hydrogen-bond acceptors (Lipinski definition) is 4. The molecule has 5 nitrogen and oxygen atoms in total. The Morgan fingerprint density at radius 1 is 1.27 bits per heavy atom. The normalized spacial score (nSPS) is 25.0. The van der Waals surface area contributed by atoms with E-state index in [9.17, 15) is 9.90 Å². The molecule has 0 bridgehead atoms. The zero-order valence-electron chi connectivity index (χ0n) is 17.3. The molecular formula is C24H27ClN2O3. The van der Waals surface area contributed by atoms with Gasteiger partial charge in [0.05, 0.1) is 0 Å². The third-order valence-corrected chi connectivity index (χ3v) is 6.97. The number of nitrogens with zero attached hydrogens (tertiary/aromatic N) is 2. The number of aliphatic hydroxyl groups excluding tert-OH is 1. The monoisotopic (exact) mass is 426 g/mol. The van der Waals surface area contributed by atoms with Gasteiger partial charge in [0.1, 0.15) is 5.75 Å². The molecule has 1 amide bonds. The Morgan fingerprint density at radius 3 is 2.83 bits per heavy atom. The number of rotatable bonds is 3. The van der Waals surface area contributed by atoms with E-state index in [0.717, 1.165) is 72.5 Å². The molecule has 158 valence electrons. The molecule has 30 heavy (non-hydrogen) atoms. The maximum absolute atomic E-state index is 13.0. The fourth-order valence-corrected chi connectivity index (χ4v) is 5.36. The van der Waals surface area contributed by atoms with Gasteiger partial charge in [0.2, 0.25) is 0 Å². The van der Waals surface area contributed by atoms with E-state index in [0.29, 0.717) is 11.4 Å². The summed E-state index contributed by atoms with van der Waals surface area (Å²) in [7, 11) is 0. The van der Waals surface area contributed by atoms with Gasteiger partial charge in [-0.25, -0.2) is 0 Å². The highest BCUT2D eigenvalue weighted by Gasteiger charge is 2.38. The molecule has 0 saturated carbocycles. The number of pyridine rings is 1. The standard InChI is InChI=1S/C24H27ClN2O3/c1-24(14-28)12-19-17(5-6-26-20(19)13-24)18-11-16(25)9-15-10-21(30-22(15)18)23(29)27-7-3-2-4-8-27/h5-6,9,11,21,28H,2-4,7-8,10,12-14H2,1H3. The Labute approximate surface area is 182 Å². The summed E-state index contributed by atoms with van der Waals surface area (Å²) in [6, 6.07) is 5.85. The summed E-state index contributed by atoms with van der Waals surface area (Å²) in [4.78, 5) is 19.5. The summed E-state index contributed by atoms with van der Waals surface area (Å²) >= 11 is 6.48. The number of amides is 1. The number of carbonyl (C=O) groups is 1. The minimum Gasteiger partial charge on any atom is -0.479 e. The van der Waals surface area contributed by atoms with E-state index in [1.807, 2.05) is 29.3 Å². The number of ether oxygens (including phenoxy) is 1. The van der Waals surface area contributed by atoms with Gasteiger partial charge in [-0.3, -0.25) is 9.78 Å². The van der Waals surface area contributed by atoms with Crippen molar-refractivity contribution in [2.24, 2.45) is 5.41 Å². The Balaban J connectivity index is 1.50. The van der Waals surface area contributed by atoms with Gasteiger partial charge < -0.3 is 14.7 Å². The molecule has 0 spiro atoms. The van der Waals surface area contributed by atoms with Gasteiger partial charge in [-0.2, -0.15) is 0 Å². The lowest BCUT2D eigenvalue weighted by atomic mass is 9.87. The summed E-state index contributed by atoms with van der Waals surface area (Å²) < 4.78 is 6.28.